The van der Waals surface area contributed by atoms with Gasteiger partial charge >= 0.3 is 0 Å². The summed E-state index contributed by atoms with van der Waals surface area (Å²) in [6.07, 6.45) is 2.94. The molecule has 27 heavy (non-hydrogen) atoms. The molecule has 6 heteroatoms. The van der Waals surface area contributed by atoms with Gasteiger partial charge in [-0.2, -0.15) is 0 Å². The number of benzene rings is 2. The number of hydrogen-bond acceptors (Lipinski definition) is 4. The molecule has 150 valence electrons. The molecule has 0 spiro atoms. The van der Waals surface area contributed by atoms with Gasteiger partial charge < -0.3 is 10.8 Å². The minimum Gasteiger partial charge on any atom is -0.396 e. The number of aliphatic hydroxyl groups excluding tert-OH is 1. The standard InChI is InChI=1S/C21H32N2O3S/c1-16(2)13-17(15-22)7-9-20(11-12-24)23-27(25,26)21-10-8-18-5-3-4-6-19(18)14-21/h3-6,8,10,14,16-17,20,23-24H,7,9,11-13,15,22H2,1-2H3/t17-,20+/m1/s1. The summed E-state index contributed by atoms with van der Waals surface area (Å²) in [5.74, 6) is 0.931. The number of sulfonamides is 1. The Kier molecular flexibility index (Phi) is 8.23. The lowest BCUT2D eigenvalue weighted by Crippen LogP contribution is -2.36. The van der Waals surface area contributed by atoms with E-state index >= 15 is 0 Å². The summed E-state index contributed by atoms with van der Waals surface area (Å²) in [4.78, 5) is 0.252. The molecule has 0 bridgehead atoms. The summed E-state index contributed by atoms with van der Waals surface area (Å²) in [5.41, 5.74) is 5.86. The van der Waals surface area contributed by atoms with Crippen LogP contribution in [0.2, 0.25) is 0 Å². The molecule has 2 rings (SSSR count). The van der Waals surface area contributed by atoms with E-state index in [-0.39, 0.29) is 17.5 Å². The Labute approximate surface area is 163 Å². The van der Waals surface area contributed by atoms with Crippen molar-refractivity contribution in [3.8, 4) is 0 Å². The third-order valence-corrected chi connectivity index (χ3v) is 6.41. The van der Waals surface area contributed by atoms with Crippen LogP contribution in [0.4, 0.5) is 0 Å². The predicted octanol–water partition coefficient (Wildman–Crippen LogP) is 3.27. The molecule has 0 aliphatic heterocycles. The third kappa shape index (κ3) is 6.57. The smallest absolute Gasteiger partial charge is 0.240 e. The first-order chi connectivity index (χ1) is 12.9. The van der Waals surface area contributed by atoms with Gasteiger partial charge in [0.15, 0.2) is 0 Å². The van der Waals surface area contributed by atoms with Gasteiger partial charge in [0.05, 0.1) is 4.90 Å². The van der Waals surface area contributed by atoms with E-state index in [0.29, 0.717) is 31.2 Å². The first-order valence-electron chi connectivity index (χ1n) is 9.67. The lowest BCUT2D eigenvalue weighted by atomic mass is 9.91. The Morgan fingerprint density at radius 2 is 1.74 bits per heavy atom. The second kappa shape index (κ2) is 10.2. The van der Waals surface area contributed by atoms with E-state index in [1.165, 1.54) is 0 Å². The van der Waals surface area contributed by atoms with Gasteiger partial charge in [-0.3, -0.25) is 0 Å². The van der Waals surface area contributed by atoms with Gasteiger partial charge in [0.1, 0.15) is 0 Å². The zero-order valence-electron chi connectivity index (χ0n) is 16.3. The highest BCUT2D eigenvalue weighted by atomic mass is 32.2. The molecule has 4 N–H and O–H groups in total. The van der Waals surface area contributed by atoms with E-state index in [4.69, 9.17) is 5.73 Å². The van der Waals surface area contributed by atoms with Crippen LogP contribution in [0.5, 0.6) is 0 Å². The van der Waals surface area contributed by atoms with Crippen molar-refractivity contribution in [3.05, 3.63) is 42.5 Å². The zero-order chi connectivity index (χ0) is 19.9. The predicted molar refractivity (Wildman–Crippen MR) is 111 cm³/mol. The summed E-state index contributed by atoms with van der Waals surface area (Å²) >= 11 is 0. The van der Waals surface area contributed by atoms with Crippen molar-refractivity contribution in [2.24, 2.45) is 17.6 Å². The maximum absolute atomic E-state index is 12.8. The van der Waals surface area contributed by atoms with Gasteiger partial charge in [0.2, 0.25) is 10.0 Å². The number of hydrogen-bond donors (Lipinski definition) is 3. The van der Waals surface area contributed by atoms with E-state index in [2.05, 4.69) is 18.6 Å². The molecular weight excluding hydrogens is 360 g/mol. The van der Waals surface area contributed by atoms with Gasteiger partial charge in [-0.1, -0.05) is 44.2 Å². The summed E-state index contributed by atoms with van der Waals surface area (Å²) in [5, 5.41) is 11.2. The summed E-state index contributed by atoms with van der Waals surface area (Å²) in [6.45, 7) is 4.87. The van der Waals surface area contributed by atoms with Crippen LogP contribution in [-0.2, 0) is 10.0 Å². The second-order valence-electron chi connectivity index (χ2n) is 7.65. The SMILES string of the molecule is CC(C)C[C@H](CN)CC[C@@H](CCO)NS(=O)(=O)c1ccc2ccccc2c1. The van der Waals surface area contributed by atoms with Gasteiger partial charge in [-0.15, -0.1) is 0 Å². The highest BCUT2D eigenvalue weighted by molar-refractivity contribution is 7.89. The third-order valence-electron chi connectivity index (χ3n) is 4.89. The average molecular weight is 393 g/mol. The van der Waals surface area contributed by atoms with Crippen molar-refractivity contribution in [2.75, 3.05) is 13.2 Å². The lowest BCUT2D eigenvalue weighted by molar-refractivity contribution is 0.261. The fraction of sp³-hybridized carbons (Fsp3) is 0.524. The fourth-order valence-electron chi connectivity index (χ4n) is 3.48. The average Bonchev–Trinajstić information content (AvgIpc) is 2.64. The Morgan fingerprint density at radius 1 is 1.04 bits per heavy atom. The van der Waals surface area contributed by atoms with Gasteiger partial charge in [-0.25, -0.2) is 13.1 Å². The van der Waals surface area contributed by atoms with Crippen LogP contribution in [0.25, 0.3) is 10.8 Å². The molecule has 0 aromatic heterocycles. The highest BCUT2D eigenvalue weighted by Crippen LogP contribution is 2.21. The van der Waals surface area contributed by atoms with E-state index in [0.717, 1.165) is 23.6 Å². The molecule has 0 heterocycles. The summed E-state index contributed by atoms with van der Waals surface area (Å²) < 4.78 is 28.5. The Balaban J connectivity index is 2.10. The molecule has 0 aliphatic carbocycles. The van der Waals surface area contributed by atoms with Crippen LogP contribution in [0, 0.1) is 11.8 Å². The minimum absolute atomic E-state index is 0.0532. The summed E-state index contributed by atoms with van der Waals surface area (Å²) in [6, 6.07) is 12.5. The van der Waals surface area contributed by atoms with Crippen LogP contribution >= 0.6 is 0 Å². The molecule has 5 nitrogen and oxygen atoms in total. The Bertz CT molecular complexity index is 821. The summed E-state index contributed by atoms with van der Waals surface area (Å²) in [7, 11) is -3.64. The lowest BCUT2D eigenvalue weighted by Gasteiger charge is -2.22. The van der Waals surface area contributed by atoms with Crippen molar-refractivity contribution in [3.63, 3.8) is 0 Å². The molecule has 0 radical (unpaired) electrons. The number of rotatable bonds is 11. The van der Waals surface area contributed by atoms with E-state index < -0.39 is 10.0 Å². The monoisotopic (exact) mass is 392 g/mol. The minimum atomic E-state index is -3.64. The highest BCUT2D eigenvalue weighted by Gasteiger charge is 2.21. The van der Waals surface area contributed by atoms with Crippen LogP contribution in [0.3, 0.4) is 0 Å². The van der Waals surface area contributed by atoms with Crippen molar-refractivity contribution in [1.29, 1.82) is 0 Å². The zero-order valence-corrected chi connectivity index (χ0v) is 17.1. The van der Waals surface area contributed by atoms with E-state index in [9.17, 15) is 13.5 Å². The number of fused-ring (bicyclic) bond motifs is 1. The molecule has 0 amide bonds. The molecule has 0 fully saturated rings. The molecule has 0 aliphatic rings. The molecular formula is C21H32N2O3S. The van der Waals surface area contributed by atoms with Crippen molar-refractivity contribution in [2.45, 2.75) is 50.5 Å². The maximum Gasteiger partial charge on any atom is 0.240 e. The molecule has 2 atom stereocenters. The molecule has 0 saturated carbocycles. The van der Waals surface area contributed by atoms with Crippen LogP contribution in [-0.4, -0.2) is 32.7 Å². The Morgan fingerprint density at radius 3 is 2.37 bits per heavy atom. The Hall–Kier alpha value is -1.47. The van der Waals surface area contributed by atoms with Crippen LogP contribution < -0.4 is 10.5 Å². The van der Waals surface area contributed by atoms with Gasteiger partial charge in [0.25, 0.3) is 0 Å². The van der Waals surface area contributed by atoms with E-state index in [1.807, 2.05) is 30.3 Å². The van der Waals surface area contributed by atoms with Crippen molar-refractivity contribution >= 4 is 20.8 Å². The first kappa shape index (κ1) is 21.8. The molecule has 0 unspecified atom stereocenters. The van der Waals surface area contributed by atoms with Crippen LogP contribution in [0.15, 0.2) is 47.4 Å². The van der Waals surface area contributed by atoms with E-state index in [1.54, 1.807) is 12.1 Å². The first-order valence-corrected chi connectivity index (χ1v) is 11.2. The van der Waals surface area contributed by atoms with Gasteiger partial charge in [-0.05, 0) is 67.0 Å². The van der Waals surface area contributed by atoms with Crippen molar-refractivity contribution in [1.82, 2.24) is 4.72 Å². The quantitative estimate of drug-likeness (QED) is 0.547. The number of nitrogens with two attached hydrogens (primary N) is 1. The fourth-order valence-corrected chi connectivity index (χ4v) is 4.82. The number of nitrogens with one attached hydrogen (secondary N) is 1. The van der Waals surface area contributed by atoms with Gasteiger partial charge in [0, 0.05) is 12.6 Å². The number of aliphatic hydroxyl groups is 1. The molecule has 2 aromatic carbocycles. The molecule has 2 aromatic rings. The largest absolute Gasteiger partial charge is 0.396 e. The van der Waals surface area contributed by atoms with Crippen molar-refractivity contribution < 1.29 is 13.5 Å². The van der Waals surface area contributed by atoms with Crippen LogP contribution in [0.1, 0.15) is 39.5 Å². The molecule has 0 saturated heterocycles. The second-order valence-corrected chi connectivity index (χ2v) is 9.36. The maximum atomic E-state index is 12.8. The normalized spacial score (nSPS) is 14.6. The topological polar surface area (TPSA) is 92.4 Å².